The molecule has 1 aliphatic heterocycles. The Bertz CT molecular complexity index is 853. The molecule has 0 bridgehead atoms. The molecule has 0 aromatic carbocycles. The van der Waals surface area contributed by atoms with E-state index < -0.39 is 0 Å². The lowest BCUT2D eigenvalue weighted by Crippen LogP contribution is -2.43. The summed E-state index contributed by atoms with van der Waals surface area (Å²) >= 11 is 0. The maximum Gasteiger partial charge on any atom is 0.145 e. The standard InChI is InChI=1S/C17H19FN6/c1-11-2-4-13(6-20-11)22-16-9-19-7-14(23-16)15-8-21-17-5-3-12(18)10-24(15)17/h3,5,7-11,13,20H,2,4,6H2,1H3,(H,22,23). The quantitative estimate of drug-likeness (QED) is 0.774. The zero-order valence-electron chi connectivity index (χ0n) is 13.4. The molecule has 2 N–H and O–H groups in total. The summed E-state index contributed by atoms with van der Waals surface area (Å²) in [7, 11) is 0. The number of halogens is 1. The van der Waals surface area contributed by atoms with Crippen LogP contribution in [0.2, 0.25) is 0 Å². The molecule has 1 saturated heterocycles. The largest absolute Gasteiger partial charge is 0.365 e. The molecule has 124 valence electrons. The number of hydrogen-bond donors (Lipinski definition) is 2. The normalized spacial score (nSPS) is 21.1. The Morgan fingerprint density at radius 1 is 1.25 bits per heavy atom. The monoisotopic (exact) mass is 326 g/mol. The summed E-state index contributed by atoms with van der Waals surface area (Å²) in [6, 6.07) is 3.94. The molecular formula is C17H19FN6. The molecule has 2 unspecified atom stereocenters. The molecule has 6 nitrogen and oxygen atoms in total. The van der Waals surface area contributed by atoms with Crippen molar-refractivity contribution in [2.24, 2.45) is 0 Å². The number of anilines is 1. The molecule has 3 aromatic rings. The molecule has 0 spiro atoms. The zero-order chi connectivity index (χ0) is 16.5. The van der Waals surface area contributed by atoms with Crippen LogP contribution in [0.3, 0.4) is 0 Å². The van der Waals surface area contributed by atoms with E-state index in [0.29, 0.717) is 23.4 Å². The summed E-state index contributed by atoms with van der Waals surface area (Å²) < 4.78 is 15.2. The van der Waals surface area contributed by atoms with Crippen LogP contribution < -0.4 is 10.6 Å². The minimum atomic E-state index is -0.314. The lowest BCUT2D eigenvalue weighted by atomic mass is 10.0. The first-order valence-corrected chi connectivity index (χ1v) is 8.14. The van der Waals surface area contributed by atoms with E-state index in [9.17, 15) is 4.39 Å². The summed E-state index contributed by atoms with van der Waals surface area (Å²) in [5.74, 6) is 0.409. The van der Waals surface area contributed by atoms with Gasteiger partial charge < -0.3 is 10.6 Å². The van der Waals surface area contributed by atoms with E-state index >= 15 is 0 Å². The highest BCUT2D eigenvalue weighted by Crippen LogP contribution is 2.21. The average molecular weight is 326 g/mol. The molecule has 7 heteroatoms. The van der Waals surface area contributed by atoms with Gasteiger partial charge in [-0.3, -0.25) is 9.38 Å². The van der Waals surface area contributed by atoms with Gasteiger partial charge in [0.15, 0.2) is 0 Å². The van der Waals surface area contributed by atoms with E-state index in [0.717, 1.165) is 30.9 Å². The molecule has 0 amide bonds. The van der Waals surface area contributed by atoms with Crippen LogP contribution in [-0.2, 0) is 0 Å². The van der Waals surface area contributed by atoms with Gasteiger partial charge in [0.05, 0.1) is 24.3 Å². The third kappa shape index (κ3) is 2.94. The van der Waals surface area contributed by atoms with E-state index in [1.54, 1.807) is 29.1 Å². The van der Waals surface area contributed by atoms with Crippen LogP contribution in [0.15, 0.2) is 36.9 Å². The third-order valence-corrected chi connectivity index (χ3v) is 4.38. The van der Waals surface area contributed by atoms with E-state index in [2.05, 4.69) is 32.5 Å². The summed E-state index contributed by atoms with van der Waals surface area (Å²) in [5.41, 5.74) is 2.06. The number of piperidine rings is 1. The molecule has 0 aliphatic carbocycles. The topological polar surface area (TPSA) is 67.1 Å². The van der Waals surface area contributed by atoms with Crippen molar-refractivity contribution >= 4 is 11.5 Å². The fourth-order valence-corrected chi connectivity index (χ4v) is 3.03. The van der Waals surface area contributed by atoms with E-state index in [1.807, 2.05) is 0 Å². The Morgan fingerprint density at radius 2 is 2.17 bits per heavy atom. The second-order valence-corrected chi connectivity index (χ2v) is 6.24. The number of imidazole rings is 1. The second kappa shape index (κ2) is 6.16. The van der Waals surface area contributed by atoms with Gasteiger partial charge >= 0.3 is 0 Å². The van der Waals surface area contributed by atoms with Crippen LogP contribution >= 0.6 is 0 Å². The summed E-state index contributed by atoms with van der Waals surface area (Å²) in [4.78, 5) is 13.2. The lowest BCUT2D eigenvalue weighted by molar-refractivity contribution is 0.398. The Labute approximate surface area is 139 Å². The van der Waals surface area contributed by atoms with Crippen LogP contribution in [0.25, 0.3) is 17.0 Å². The van der Waals surface area contributed by atoms with Crippen molar-refractivity contribution in [2.45, 2.75) is 31.8 Å². The number of pyridine rings is 1. The molecule has 0 saturated carbocycles. The van der Waals surface area contributed by atoms with Crippen molar-refractivity contribution in [3.05, 3.63) is 42.7 Å². The predicted octanol–water partition coefficient (Wildman–Crippen LogP) is 2.48. The Kier molecular flexibility index (Phi) is 3.86. The highest BCUT2D eigenvalue weighted by atomic mass is 19.1. The first-order valence-electron chi connectivity index (χ1n) is 8.14. The van der Waals surface area contributed by atoms with Crippen molar-refractivity contribution in [1.29, 1.82) is 0 Å². The number of hydrogen-bond acceptors (Lipinski definition) is 5. The number of nitrogens with one attached hydrogen (secondary N) is 2. The summed E-state index contributed by atoms with van der Waals surface area (Å²) in [6.45, 7) is 3.11. The molecule has 0 radical (unpaired) electrons. The van der Waals surface area contributed by atoms with Crippen LogP contribution in [0.5, 0.6) is 0 Å². The highest BCUT2D eigenvalue weighted by molar-refractivity contribution is 5.60. The number of aromatic nitrogens is 4. The average Bonchev–Trinajstić information content (AvgIpc) is 3.00. The Morgan fingerprint density at radius 3 is 3.00 bits per heavy atom. The van der Waals surface area contributed by atoms with Crippen molar-refractivity contribution in [2.75, 3.05) is 11.9 Å². The van der Waals surface area contributed by atoms with Crippen LogP contribution in [-0.4, -0.2) is 38.0 Å². The molecule has 1 fully saturated rings. The van der Waals surface area contributed by atoms with E-state index in [1.165, 1.54) is 12.3 Å². The molecule has 4 rings (SSSR count). The van der Waals surface area contributed by atoms with Crippen molar-refractivity contribution in [1.82, 2.24) is 24.7 Å². The molecule has 4 heterocycles. The van der Waals surface area contributed by atoms with Gasteiger partial charge in [0.1, 0.15) is 23.0 Å². The lowest BCUT2D eigenvalue weighted by Gasteiger charge is -2.28. The van der Waals surface area contributed by atoms with Crippen LogP contribution in [0.4, 0.5) is 10.2 Å². The highest BCUT2D eigenvalue weighted by Gasteiger charge is 2.18. The maximum absolute atomic E-state index is 13.5. The van der Waals surface area contributed by atoms with Crippen LogP contribution in [0, 0.1) is 5.82 Å². The smallest absolute Gasteiger partial charge is 0.145 e. The minimum absolute atomic E-state index is 0.314. The zero-order valence-corrected chi connectivity index (χ0v) is 13.4. The second-order valence-electron chi connectivity index (χ2n) is 6.24. The van der Waals surface area contributed by atoms with Gasteiger partial charge in [-0.25, -0.2) is 14.4 Å². The summed E-state index contributed by atoms with van der Waals surface area (Å²) in [5, 5.41) is 6.88. The van der Waals surface area contributed by atoms with Crippen molar-refractivity contribution < 1.29 is 4.39 Å². The van der Waals surface area contributed by atoms with Gasteiger partial charge in [-0.2, -0.15) is 0 Å². The number of nitrogens with zero attached hydrogens (tertiary/aromatic N) is 4. The Hall–Kier alpha value is -2.54. The molecule has 1 aliphatic rings. The van der Waals surface area contributed by atoms with Gasteiger partial charge in [0.2, 0.25) is 0 Å². The first-order chi connectivity index (χ1) is 11.7. The Balaban J connectivity index is 1.61. The number of fused-ring (bicyclic) bond motifs is 1. The number of rotatable bonds is 3. The van der Waals surface area contributed by atoms with Gasteiger partial charge in [-0.05, 0) is 31.9 Å². The third-order valence-electron chi connectivity index (χ3n) is 4.38. The predicted molar refractivity (Wildman–Crippen MR) is 90.3 cm³/mol. The fourth-order valence-electron chi connectivity index (χ4n) is 3.03. The fraction of sp³-hybridized carbons (Fsp3) is 0.353. The van der Waals surface area contributed by atoms with Crippen molar-refractivity contribution in [3.8, 4) is 11.4 Å². The van der Waals surface area contributed by atoms with Gasteiger partial charge in [-0.15, -0.1) is 0 Å². The van der Waals surface area contributed by atoms with Crippen LogP contribution in [0.1, 0.15) is 19.8 Å². The maximum atomic E-state index is 13.5. The molecular weight excluding hydrogens is 307 g/mol. The van der Waals surface area contributed by atoms with E-state index in [-0.39, 0.29) is 5.82 Å². The SMILES string of the molecule is CC1CCC(Nc2cncc(-c3cnc4ccc(F)cn34)n2)CN1. The van der Waals surface area contributed by atoms with E-state index in [4.69, 9.17) is 0 Å². The summed E-state index contributed by atoms with van der Waals surface area (Å²) in [6.07, 6.45) is 8.71. The molecule has 3 aromatic heterocycles. The van der Waals surface area contributed by atoms with Gasteiger partial charge in [-0.1, -0.05) is 0 Å². The molecule has 24 heavy (non-hydrogen) atoms. The molecule has 2 atom stereocenters. The van der Waals surface area contributed by atoms with Gasteiger partial charge in [0, 0.05) is 24.8 Å². The van der Waals surface area contributed by atoms with Gasteiger partial charge in [0.25, 0.3) is 0 Å². The minimum Gasteiger partial charge on any atom is -0.365 e. The van der Waals surface area contributed by atoms with Crippen molar-refractivity contribution in [3.63, 3.8) is 0 Å². The first kappa shape index (κ1) is 15.0.